The Balaban J connectivity index is 1.89. The summed E-state index contributed by atoms with van der Waals surface area (Å²) >= 11 is 0. The van der Waals surface area contributed by atoms with Crippen LogP contribution in [0.1, 0.15) is 56.2 Å². The second kappa shape index (κ2) is 11.4. The minimum atomic E-state index is -4.52. The molecule has 2 heterocycles. The van der Waals surface area contributed by atoms with Crippen LogP contribution in [0.15, 0.2) is 75.4 Å². The van der Waals surface area contributed by atoms with Crippen molar-refractivity contribution in [2.45, 2.75) is 62.3 Å². The summed E-state index contributed by atoms with van der Waals surface area (Å²) in [6.45, 7) is 5.49. The van der Waals surface area contributed by atoms with Gasteiger partial charge in [0.1, 0.15) is 17.5 Å². The number of aromatic nitrogens is 3. The third-order valence-corrected chi connectivity index (χ3v) is 8.39. The zero-order valence-corrected chi connectivity index (χ0v) is 22.7. The van der Waals surface area contributed by atoms with Crippen LogP contribution in [-0.4, -0.2) is 28.1 Å². The van der Waals surface area contributed by atoms with E-state index in [1.54, 1.807) is 31.3 Å². The Morgan fingerprint density at radius 2 is 1.69 bits per heavy atom. The van der Waals surface area contributed by atoms with Crippen LogP contribution in [-0.2, 0) is 16.3 Å². The fourth-order valence-electron chi connectivity index (χ4n) is 4.68. The van der Waals surface area contributed by atoms with Gasteiger partial charge in [0, 0.05) is 29.9 Å². The number of rotatable bonds is 9. The first-order valence-electron chi connectivity index (χ1n) is 12.7. The molecule has 0 aliphatic rings. The second-order valence-electron chi connectivity index (χ2n) is 9.25. The van der Waals surface area contributed by atoms with Gasteiger partial charge in [-0.2, -0.15) is 4.98 Å². The summed E-state index contributed by atoms with van der Waals surface area (Å²) in [4.78, 5) is 20.3. The quantitative estimate of drug-likeness (QED) is 0.282. The number of pyridine rings is 1. The Morgan fingerprint density at radius 1 is 1.03 bits per heavy atom. The van der Waals surface area contributed by atoms with Crippen molar-refractivity contribution in [1.29, 1.82) is 0 Å². The van der Waals surface area contributed by atoms with E-state index in [-0.39, 0.29) is 29.1 Å². The van der Waals surface area contributed by atoms with Crippen LogP contribution < -0.4 is 5.56 Å². The van der Waals surface area contributed by atoms with Gasteiger partial charge in [-0.25, -0.2) is 17.2 Å². The van der Waals surface area contributed by atoms with E-state index in [1.165, 1.54) is 16.7 Å². The Kier molecular flexibility index (Phi) is 8.25. The van der Waals surface area contributed by atoms with E-state index in [0.29, 0.717) is 6.42 Å². The molecular weight excluding hydrogens is 524 g/mol. The minimum absolute atomic E-state index is 0.136. The van der Waals surface area contributed by atoms with Crippen LogP contribution in [0.3, 0.4) is 0 Å². The largest absolute Gasteiger partial charge is 0.493 e. The van der Waals surface area contributed by atoms with Gasteiger partial charge in [0.15, 0.2) is 4.90 Å². The predicted octanol–water partition coefficient (Wildman–Crippen LogP) is 5.77. The van der Waals surface area contributed by atoms with Crippen LogP contribution in [0, 0.1) is 18.6 Å². The molecular formula is C29H29F2N3O4S. The first-order chi connectivity index (χ1) is 18.6. The van der Waals surface area contributed by atoms with Crippen molar-refractivity contribution in [3.63, 3.8) is 0 Å². The van der Waals surface area contributed by atoms with Crippen LogP contribution in [0.5, 0.6) is 5.88 Å². The molecule has 0 bridgehead atoms. The minimum Gasteiger partial charge on any atom is -0.493 e. The fourth-order valence-corrected chi connectivity index (χ4v) is 6.02. The Hall–Kier alpha value is -3.92. The van der Waals surface area contributed by atoms with Crippen molar-refractivity contribution in [2.75, 3.05) is 0 Å². The summed E-state index contributed by atoms with van der Waals surface area (Å²) in [6.07, 6.45) is 3.49. The number of hydrogen-bond donors (Lipinski definition) is 1. The summed E-state index contributed by atoms with van der Waals surface area (Å²) < 4.78 is 56.8. The topological polar surface area (TPSA) is 102 Å². The molecule has 0 saturated heterocycles. The fraction of sp³-hybridized carbons (Fsp3) is 0.276. The average Bonchev–Trinajstić information content (AvgIpc) is 2.89. The van der Waals surface area contributed by atoms with Crippen molar-refractivity contribution in [3.05, 3.63) is 99.9 Å². The molecule has 7 nitrogen and oxygen atoms in total. The first kappa shape index (κ1) is 28.1. The molecule has 0 aliphatic carbocycles. The van der Waals surface area contributed by atoms with Crippen molar-refractivity contribution < 1.29 is 22.3 Å². The molecule has 1 N–H and O–H groups in total. The lowest BCUT2D eigenvalue weighted by molar-refractivity contribution is 0.357. The molecule has 39 heavy (non-hydrogen) atoms. The Morgan fingerprint density at radius 3 is 2.28 bits per heavy atom. The highest BCUT2D eigenvalue weighted by Crippen LogP contribution is 2.34. The van der Waals surface area contributed by atoms with Gasteiger partial charge in [-0.05, 0) is 61.2 Å². The molecule has 0 saturated carbocycles. The van der Waals surface area contributed by atoms with E-state index < -0.39 is 43.8 Å². The lowest BCUT2D eigenvalue weighted by Crippen LogP contribution is -2.27. The highest BCUT2D eigenvalue weighted by Gasteiger charge is 2.32. The molecule has 0 amide bonds. The lowest BCUT2D eigenvalue weighted by Gasteiger charge is -2.25. The summed E-state index contributed by atoms with van der Waals surface area (Å²) in [7, 11) is -4.52. The molecule has 1 atom stereocenters. The summed E-state index contributed by atoms with van der Waals surface area (Å²) in [5, 5.41) is 11.4. The predicted molar refractivity (Wildman–Crippen MR) is 143 cm³/mol. The standard InChI is InChI=1S/C29H29F2N3O4S/c1-4-6-9-26-33-28(35)27(29(36)34(26)25(5-2)20-15-21(30)17-22(31)16-20)39(37,38)23-12-10-19(11-13-23)24-8-7-14-32-18(24)3/h7-8,10-17,25,36H,4-6,9H2,1-3H3/t25-/m0/s1. The van der Waals surface area contributed by atoms with E-state index in [4.69, 9.17) is 0 Å². The number of benzene rings is 2. The molecule has 4 rings (SSSR count). The number of aryl methyl sites for hydroxylation is 2. The molecule has 0 unspecified atom stereocenters. The van der Waals surface area contributed by atoms with E-state index >= 15 is 0 Å². The molecule has 4 aromatic rings. The third kappa shape index (κ3) is 5.61. The van der Waals surface area contributed by atoms with Gasteiger partial charge in [0.05, 0.1) is 10.9 Å². The van der Waals surface area contributed by atoms with Gasteiger partial charge in [0.25, 0.3) is 5.56 Å². The Bertz CT molecular complexity index is 1650. The van der Waals surface area contributed by atoms with E-state index in [9.17, 15) is 27.1 Å². The second-order valence-corrected chi connectivity index (χ2v) is 11.1. The zero-order valence-electron chi connectivity index (χ0n) is 21.9. The van der Waals surface area contributed by atoms with Crippen LogP contribution in [0.25, 0.3) is 11.1 Å². The van der Waals surface area contributed by atoms with Crippen molar-refractivity contribution in [3.8, 4) is 17.0 Å². The number of unbranched alkanes of at least 4 members (excludes halogenated alkanes) is 1. The number of sulfone groups is 1. The molecule has 10 heteroatoms. The molecule has 0 spiro atoms. The van der Waals surface area contributed by atoms with E-state index in [0.717, 1.165) is 41.4 Å². The number of halogens is 2. The maximum absolute atomic E-state index is 14.1. The number of aromatic hydroxyl groups is 1. The van der Waals surface area contributed by atoms with E-state index in [2.05, 4.69) is 9.97 Å². The lowest BCUT2D eigenvalue weighted by atomic mass is 10.0. The Labute approximate surface area is 225 Å². The molecule has 2 aromatic heterocycles. The van der Waals surface area contributed by atoms with Gasteiger partial charge in [-0.3, -0.25) is 14.3 Å². The van der Waals surface area contributed by atoms with Crippen LogP contribution >= 0.6 is 0 Å². The molecule has 2 aromatic carbocycles. The monoisotopic (exact) mass is 553 g/mol. The average molecular weight is 554 g/mol. The number of hydrogen-bond acceptors (Lipinski definition) is 6. The summed E-state index contributed by atoms with van der Waals surface area (Å²) in [5.41, 5.74) is 1.39. The van der Waals surface area contributed by atoms with Crippen LogP contribution in [0.2, 0.25) is 0 Å². The van der Waals surface area contributed by atoms with Crippen molar-refractivity contribution in [1.82, 2.24) is 14.5 Å². The normalized spacial score (nSPS) is 12.4. The van der Waals surface area contributed by atoms with Gasteiger partial charge < -0.3 is 5.11 Å². The molecule has 0 aliphatic heterocycles. The molecule has 0 radical (unpaired) electrons. The van der Waals surface area contributed by atoms with E-state index in [1.807, 2.05) is 19.9 Å². The SMILES string of the molecule is CCCCc1nc(=O)c(S(=O)(=O)c2ccc(-c3cccnc3C)cc2)c(O)n1[C@@H](CC)c1cc(F)cc(F)c1. The smallest absolute Gasteiger partial charge is 0.296 e. The van der Waals surface area contributed by atoms with Gasteiger partial charge in [-0.15, -0.1) is 0 Å². The molecule has 0 fully saturated rings. The van der Waals surface area contributed by atoms with Crippen molar-refractivity contribution in [2.24, 2.45) is 0 Å². The first-order valence-corrected chi connectivity index (χ1v) is 14.1. The maximum atomic E-state index is 14.1. The molecule has 204 valence electrons. The van der Waals surface area contributed by atoms with Gasteiger partial charge in [0.2, 0.25) is 15.7 Å². The third-order valence-electron chi connectivity index (χ3n) is 6.61. The van der Waals surface area contributed by atoms with Gasteiger partial charge in [-0.1, -0.05) is 38.5 Å². The van der Waals surface area contributed by atoms with Crippen LogP contribution in [0.4, 0.5) is 8.78 Å². The zero-order chi connectivity index (χ0) is 28.3. The van der Waals surface area contributed by atoms with Crippen molar-refractivity contribution >= 4 is 9.84 Å². The van der Waals surface area contributed by atoms with Gasteiger partial charge >= 0.3 is 0 Å². The summed E-state index contributed by atoms with van der Waals surface area (Å²) in [5.74, 6) is -2.31. The highest BCUT2D eigenvalue weighted by molar-refractivity contribution is 7.91. The maximum Gasteiger partial charge on any atom is 0.296 e. The number of nitrogens with zero attached hydrogens (tertiary/aromatic N) is 3. The summed E-state index contributed by atoms with van der Waals surface area (Å²) in [6, 6.07) is 11.6. The highest BCUT2D eigenvalue weighted by atomic mass is 32.2.